The molecule has 0 radical (unpaired) electrons. The Morgan fingerprint density at radius 1 is 0.722 bits per heavy atom. The molecule has 0 fully saturated rings. The monoisotopic (exact) mass is 235 g/mol. The molecule has 1 nitrogen and oxygen atoms in total. The van der Waals surface area contributed by atoms with Crippen molar-refractivity contribution in [3.8, 4) is 11.1 Å². The minimum Gasteiger partial charge on any atom is -0.368 e. The quantitative estimate of drug-likeness (QED) is 0.708. The van der Waals surface area contributed by atoms with Crippen molar-refractivity contribution in [3.63, 3.8) is 0 Å². The first kappa shape index (κ1) is 11.1. The third-order valence-corrected chi connectivity index (χ3v) is 3.40. The fourth-order valence-electron chi connectivity index (χ4n) is 2.37. The molecule has 2 aromatic carbocycles. The highest BCUT2D eigenvalue weighted by Crippen LogP contribution is 2.23. The van der Waals surface area contributed by atoms with Crippen molar-refractivity contribution < 1.29 is 0 Å². The standard InChI is InChI=1S/C17H17N/c1-3-7-15(8-4-1)16-9-11-17(12-10-16)18-13-5-2-6-14-18/h1-5,7-12H,6,13-14H2. The van der Waals surface area contributed by atoms with E-state index in [1.54, 1.807) is 0 Å². The Morgan fingerprint density at radius 2 is 1.44 bits per heavy atom. The molecular weight excluding hydrogens is 218 g/mol. The van der Waals surface area contributed by atoms with Crippen molar-refractivity contribution in [1.29, 1.82) is 0 Å². The minimum atomic E-state index is 1.03. The molecule has 1 aliphatic rings. The highest BCUT2D eigenvalue weighted by atomic mass is 15.1. The van der Waals surface area contributed by atoms with Crippen LogP contribution in [0.3, 0.4) is 0 Å². The second-order valence-corrected chi connectivity index (χ2v) is 4.62. The number of rotatable bonds is 2. The molecular formula is C17H17N. The number of anilines is 1. The lowest BCUT2D eigenvalue weighted by molar-refractivity contribution is 0.821. The van der Waals surface area contributed by atoms with Crippen molar-refractivity contribution in [3.05, 3.63) is 66.7 Å². The van der Waals surface area contributed by atoms with Crippen LogP contribution in [0.4, 0.5) is 5.69 Å². The zero-order chi connectivity index (χ0) is 12.2. The van der Waals surface area contributed by atoms with Gasteiger partial charge in [0.05, 0.1) is 0 Å². The smallest absolute Gasteiger partial charge is 0.0369 e. The molecule has 0 saturated heterocycles. The average molecular weight is 235 g/mol. The normalized spacial score (nSPS) is 14.8. The van der Waals surface area contributed by atoms with E-state index in [0.717, 1.165) is 19.5 Å². The van der Waals surface area contributed by atoms with Crippen LogP contribution in [0.2, 0.25) is 0 Å². The van der Waals surface area contributed by atoms with E-state index in [1.807, 2.05) is 0 Å². The van der Waals surface area contributed by atoms with E-state index < -0.39 is 0 Å². The number of benzene rings is 2. The van der Waals surface area contributed by atoms with Crippen molar-refractivity contribution >= 4 is 5.69 Å². The van der Waals surface area contributed by atoms with Crippen molar-refractivity contribution in [2.75, 3.05) is 18.0 Å². The molecule has 0 unspecified atom stereocenters. The Hall–Kier alpha value is -2.02. The van der Waals surface area contributed by atoms with Gasteiger partial charge in [-0.3, -0.25) is 0 Å². The Bertz CT molecular complexity index is 525. The van der Waals surface area contributed by atoms with Gasteiger partial charge in [-0.2, -0.15) is 0 Å². The van der Waals surface area contributed by atoms with Gasteiger partial charge in [-0.05, 0) is 29.7 Å². The van der Waals surface area contributed by atoms with E-state index >= 15 is 0 Å². The summed E-state index contributed by atoms with van der Waals surface area (Å²) in [4.78, 5) is 2.41. The van der Waals surface area contributed by atoms with E-state index in [1.165, 1.54) is 16.8 Å². The summed E-state index contributed by atoms with van der Waals surface area (Å²) < 4.78 is 0. The first-order valence-electron chi connectivity index (χ1n) is 6.49. The summed E-state index contributed by atoms with van der Waals surface area (Å²) in [5, 5.41) is 0. The predicted molar refractivity (Wildman–Crippen MR) is 77.8 cm³/mol. The zero-order valence-corrected chi connectivity index (χ0v) is 10.4. The topological polar surface area (TPSA) is 3.24 Å². The first-order valence-corrected chi connectivity index (χ1v) is 6.49. The van der Waals surface area contributed by atoms with Crippen LogP contribution >= 0.6 is 0 Å². The summed E-state index contributed by atoms with van der Waals surface area (Å²) in [5.74, 6) is 0. The maximum atomic E-state index is 2.41. The Labute approximate surface area is 108 Å². The molecule has 0 N–H and O–H groups in total. The zero-order valence-electron chi connectivity index (χ0n) is 10.4. The Balaban J connectivity index is 1.83. The summed E-state index contributed by atoms with van der Waals surface area (Å²) in [6.07, 6.45) is 5.66. The highest BCUT2D eigenvalue weighted by Gasteiger charge is 2.07. The van der Waals surface area contributed by atoms with E-state index in [0.29, 0.717) is 0 Å². The lowest BCUT2D eigenvalue weighted by Crippen LogP contribution is -2.26. The van der Waals surface area contributed by atoms with Crippen LogP contribution in [0.25, 0.3) is 11.1 Å². The third kappa shape index (κ3) is 2.30. The van der Waals surface area contributed by atoms with E-state index in [4.69, 9.17) is 0 Å². The maximum absolute atomic E-state index is 2.41. The van der Waals surface area contributed by atoms with Gasteiger partial charge in [0.15, 0.2) is 0 Å². The molecule has 18 heavy (non-hydrogen) atoms. The van der Waals surface area contributed by atoms with E-state index in [9.17, 15) is 0 Å². The molecule has 0 aliphatic carbocycles. The molecule has 0 spiro atoms. The Morgan fingerprint density at radius 3 is 2.11 bits per heavy atom. The van der Waals surface area contributed by atoms with Gasteiger partial charge in [-0.1, -0.05) is 54.6 Å². The van der Waals surface area contributed by atoms with Gasteiger partial charge >= 0.3 is 0 Å². The van der Waals surface area contributed by atoms with Gasteiger partial charge in [-0.15, -0.1) is 0 Å². The molecule has 0 aromatic heterocycles. The first-order chi connectivity index (χ1) is 8.93. The van der Waals surface area contributed by atoms with Crippen LogP contribution in [-0.4, -0.2) is 13.1 Å². The van der Waals surface area contributed by atoms with Gasteiger partial charge in [-0.25, -0.2) is 0 Å². The number of hydrogen-bond donors (Lipinski definition) is 0. The van der Waals surface area contributed by atoms with Crippen molar-refractivity contribution in [2.45, 2.75) is 6.42 Å². The summed E-state index contributed by atoms with van der Waals surface area (Å²) >= 11 is 0. The molecule has 90 valence electrons. The van der Waals surface area contributed by atoms with Crippen LogP contribution < -0.4 is 4.90 Å². The molecule has 2 aromatic rings. The molecule has 0 atom stereocenters. The molecule has 1 heterocycles. The number of nitrogens with zero attached hydrogens (tertiary/aromatic N) is 1. The van der Waals surface area contributed by atoms with Crippen LogP contribution in [0.1, 0.15) is 6.42 Å². The molecule has 3 rings (SSSR count). The molecule has 0 amide bonds. The van der Waals surface area contributed by atoms with Crippen LogP contribution in [-0.2, 0) is 0 Å². The second kappa shape index (κ2) is 5.09. The number of hydrogen-bond acceptors (Lipinski definition) is 1. The molecule has 0 saturated carbocycles. The van der Waals surface area contributed by atoms with Gasteiger partial charge in [0.1, 0.15) is 0 Å². The summed E-state index contributed by atoms with van der Waals surface area (Å²) in [7, 11) is 0. The molecule has 1 heteroatoms. The summed E-state index contributed by atoms with van der Waals surface area (Å²) in [6, 6.07) is 19.4. The lowest BCUT2D eigenvalue weighted by Gasteiger charge is -2.25. The maximum Gasteiger partial charge on any atom is 0.0369 e. The average Bonchev–Trinajstić information content (AvgIpc) is 2.49. The van der Waals surface area contributed by atoms with Crippen LogP contribution in [0.15, 0.2) is 66.7 Å². The van der Waals surface area contributed by atoms with Gasteiger partial charge in [0.25, 0.3) is 0 Å². The minimum absolute atomic E-state index is 1.03. The fraction of sp³-hybridized carbons (Fsp3) is 0.176. The second-order valence-electron chi connectivity index (χ2n) is 4.62. The summed E-state index contributed by atoms with van der Waals surface area (Å²) in [5.41, 5.74) is 3.88. The van der Waals surface area contributed by atoms with Crippen molar-refractivity contribution in [2.24, 2.45) is 0 Å². The highest BCUT2D eigenvalue weighted by molar-refractivity contribution is 5.66. The predicted octanol–water partition coefficient (Wildman–Crippen LogP) is 4.12. The van der Waals surface area contributed by atoms with E-state index in [-0.39, 0.29) is 0 Å². The van der Waals surface area contributed by atoms with Gasteiger partial charge < -0.3 is 4.90 Å². The molecule has 0 bridgehead atoms. The SMILES string of the molecule is C1=CCN(c2ccc(-c3ccccc3)cc2)CC1. The Kier molecular flexibility index (Phi) is 3.14. The fourth-order valence-corrected chi connectivity index (χ4v) is 2.37. The van der Waals surface area contributed by atoms with Crippen LogP contribution in [0, 0.1) is 0 Å². The molecule has 1 aliphatic heterocycles. The van der Waals surface area contributed by atoms with Crippen LogP contribution in [0.5, 0.6) is 0 Å². The van der Waals surface area contributed by atoms with Crippen molar-refractivity contribution in [1.82, 2.24) is 0 Å². The van der Waals surface area contributed by atoms with E-state index in [2.05, 4.69) is 71.6 Å². The van der Waals surface area contributed by atoms with Gasteiger partial charge in [0.2, 0.25) is 0 Å². The summed E-state index contributed by atoms with van der Waals surface area (Å²) in [6.45, 7) is 2.16. The lowest BCUT2D eigenvalue weighted by atomic mass is 10.1. The van der Waals surface area contributed by atoms with Gasteiger partial charge in [0, 0.05) is 18.8 Å². The third-order valence-electron chi connectivity index (χ3n) is 3.40. The largest absolute Gasteiger partial charge is 0.368 e.